The van der Waals surface area contributed by atoms with Crippen LogP contribution in [0.1, 0.15) is 6.92 Å². The van der Waals surface area contributed by atoms with Crippen LogP contribution >= 0.6 is 0 Å². The zero-order valence-corrected chi connectivity index (χ0v) is 7.54. The van der Waals surface area contributed by atoms with Crippen LogP contribution < -0.4 is 5.69 Å². The summed E-state index contributed by atoms with van der Waals surface area (Å²) in [5.41, 5.74) is 0.122. The van der Waals surface area contributed by atoms with Gasteiger partial charge in [0, 0.05) is 12.4 Å². The number of aromatic nitrogens is 4. The number of carbonyl (C=O) groups is 1. The lowest BCUT2D eigenvalue weighted by Gasteiger charge is -1.90. The van der Waals surface area contributed by atoms with Gasteiger partial charge in [0.2, 0.25) is 0 Å². The summed E-state index contributed by atoms with van der Waals surface area (Å²) in [5.74, 6) is -0.108. The molecular formula is C8H8N4O2. The van der Waals surface area contributed by atoms with Crippen LogP contribution in [-0.4, -0.2) is 24.9 Å². The molecular weight excluding hydrogens is 184 g/mol. The highest BCUT2D eigenvalue weighted by Crippen LogP contribution is 1.91. The second-order valence-electron chi connectivity index (χ2n) is 2.95. The van der Waals surface area contributed by atoms with Crippen LogP contribution in [0.4, 0.5) is 0 Å². The van der Waals surface area contributed by atoms with Crippen molar-refractivity contribution in [2.75, 3.05) is 0 Å². The van der Waals surface area contributed by atoms with E-state index in [0.29, 0.717) is 5.65 Å². The SMILES string of the molecule is CC(=O)Cn1nc2cnccn2c1=O. The number of ketones is 1. The summed E-state index contributed by atoms with van der Waals surface area (Å²) in [4.78, 5) is 26.2. The number of rotatable bonds is 2. The first kappa shape index (κ1) is 8.61. The highest BCUT2D eigenvalue weighted by atomic mass is 16.2. The molecule has 2 rings (SSSR count). The fourth-order valence-corrected chi connectivity index (χ4v) is 1.19. The Kier molecular flexibility index (Phi) is 1.88. The van der Waals surface area contributed by atoms with E-state index < -0.39 is 0 Å². The van der Waals surface area contributed by atoms with Crippen LogP contribution in [0.2, 0.25) is 0 Å². The average Bonchev–Trinajstić information content (AvgIpc) is 2.44. The Bertz CT molecular complexity index is 540. The van der Waals surface area contributed by atoms with Gasteiger partial charge in [-0.3, -0.25) is 9.78 Å². The van der Waals surface area contributed by atoms with E-state index in [4.69, 9.17) is 0 Å². The van der Waals surface area contributed by atoms with E-state index >= 15 is 0 Å². The maximum atomic E-state index is 11.5. The summed E-state index contributed by atoms with van der Waals surface area (Å²) in [5, 5.41) is 3.94. The highest BCUT2D eigenvalue weighted by Gasteiger charge is 2.06. The van der Waals surface area contributed by atoms with E-state index in [1.807, 2.05) is 0 Å². The predicted octanol–water partition coefficient (Wildman–Crippen LogP) is -0.520. The van der Waals surface area contributed by atoms with Gasteiger partial charge in [0.25, 0.3) is 0 Å². The Balaban J connectivity index is 2.63. The first-order valence-electron chi connectivity index (χ1n) is 4.07. The van der Waals surface area contributed by atoms with E-state index in [-0.39, 0.29) is 18.0 Å². The highest BCUT2D eigenvalue weighted by molar-refractivity contribution is 5.75. The monoisotopic (exact) mass is 192 g/mol. The van der Waals surface area contributed by atoms with E-state index in [9.17, 15) is 9.59 Å². The maximum Gasteiger partial charge on any atom is 0.350 e. The number of Topliss-reactive ketones (excluding diaryl/α,β-unsaturated/α-hetero) is 1. The molecule has 2 heterocycles. The van der Waals surface area contributed by atoms with Crippen molar-refractivity contribution in [1.29, 1.82) is 0 Å². The molecule has 6 heteroatoms. The molecule has 0 aliphatic carbocycles. The minimum absolute atomic E-state index is 0.000509. The molecule has 72 valence electrons. The third kappa shape index (κ3) is 1.30. The van der Waals surface area contributed by atoms with Gasteiger partial charge in [0.05, 0.1) is 6.20 Å². The number of fused-ring (bicyclic) bond motifs is 1. The van der Waals surface area contributed by atoms with Gasteiger partial charge < -0.3 is 0 Å². The molecule has 0 aliphatic heterocycles. The van der Waals surface area contributed by atoms with E-state index in [1.165, 1.54) is 29.9 Å². The van der Waals surface area contributed by atoms with Gasteiger partial charge in [-0.25, -0.2) is 13.9 Å². The number of carbonyl (C=O) groups excluding carboxylic acids is 1. The topological polar surface area (TPSA) is 69.3 Å². The van der Waals surface area contributed by atoms with Crippen molar-refractivity contribution in [1.82, 2.24) is 19.2 Å². The molecule has 0 radical (unpaired) electrons. The van der Waals surface area contributed by atoms with E-state index in [1.54, 1.807) is 0 Å². The van der Waals surface area contributed by atoms with Gasteiger partial charge in [0.15, 0.2) is 11.4 Å². The smallest absolute Gasteiger partial charge is 0.298 e. The van der Waals surface area contributed by atoms with Gasteiger partial charge in [-0.05, 0) is 6.92 Å². The predicted molar refractivity (Wildman–Crippen MR) is 47.9 cm³/mol. The summed E-state index contributed by atoms with van der Waals surface area (Å²) in [7, 11) is 0. The molecule has 0 aliphatic rings. The zero-order chi connectivity index (χ0) is 10.1. The quantitative estimate of drug-likeness (QED) is 0.642. The molecule has 0 amide bonds. The van der Waals surface area contributed by atoms with E-state index in [0.717, 1.165) is 4.68 Å². The average molecular weight is 192 g/mol. The third-order valence-electron chi connectivity index (χ3n) is 1.76. The van der Waals surface area contributed by atoms with Gasteiger partial charge in [0.1, 0.15) is 6.54 Å². The number of hydrogen-bond acceptors (Lipinski definition) is 4. The minimum Gasteiger partial charge on any atom is -0.298 e. The number of nitrogens with zero attached hydrogens (tertiary/aromatic N) is 4. The van der Waals surface area contributed by atoms with Crippen molar-refractivity contribution < 1.29 is 4.79 Å². The maximum absolute atomic E-state index is 11.5. The van der Waals surface area contributed by atoms with Crippen molar-refractivity contribution in [3.05, 3.63) is 29.1 Å². The fraction of sp³-hybridized carbons (Fsp3) is 0.250. The molecule has 0 bridgehead atoms. The van der Waals surface area contributed by atoms with Gasteiger partial charge in [-0.2, -0.15) is 0 Å². The molecule has 0 spiro atoms. The largest absolute Gasteiger partial charge is 0.350 e. The third-order valence-corrected chi connectivity index (χ3v) is 1.76. The fourth-order valence-electron chi connectivity index (χ4n) is 1.19. The lowest BCUT2D eigenvalue weighted by Crippen LogP contribution is -2.23. The molecule has 2 aromatic heterocycles. The molecule has 6 nitrogen and oxygen atoms in total. The van der Waals surface area contributed by atoms with Crippen LogP contribution in [0.3, 0.4) is 0 Å². The van der Waals surface area contributed by atoms with Gasteiger partial charge >= 0.3 is 5.69 Å². The molecule has 0 saturated carbocycles. The molecule has 0 atom stereocenters. The Morgan fingerprint density at radius 1 is 1.57 bits per heavy atom. The first-order valence-corrected chi connectivity index (χ1v) is 4.07. The molecule has 14 heavy (non-hydrogen) atoms. The molecule has 0 unspecified atom stereocenters. The second-order valence-corrected chi connectivity index (χ2v) is 2.95. The van der Waals surface area contributed by atoms with Crippen molar-refractivity contribution in [3.63, 3.8) is 0 Å². The Hall–Kier alpha value is -1.98. The lowest BCUT2D eigenvalue weighted by molar-refractivity contribution is -0.117. The lowest BCUT2D eigenvalue weighted by atomic mass is 10.5. The first-order chi connectivity index (χ1) is 6.68. The van der Waals surface area contributed by atoms with Crippen molar-refractivity contribution in [3.8, 4) is 0 Å². The Morgan fingerprint density at radius 2 is 2.36 bits per heavy atom. The summed E-state index contributed by atoms with van der Waals surface area (Å²) in [6.45, 7) is 1.41. The second kappa shape index (κ2) is 3.06. The minimum atomic E-state index is -0.322. The standard InChI is InChI=1S/C8H8N4O2/c1-6(13)5-12-8(14)11-3-2-9-4-7(11)10-12/h2-4H,5H2,1H3. The normalized spacial score (nSPS) is 10.6. The Labute approximate surface area is 78.8 Å². The van der Waals surface area contributed by atoms with Crippen molar-refractivity contribution in [2.24, 2.45) is 0 Å². The van der Waals surface area contributed by atoms with Crippen LogP contribution in [0.15, 0.2) is 23.4 Å². The van der Waals surface area contributed by atoms with Crippen molar-refractivity contribution in [2.45, 2.75) is 13.5 Å². The molecule has 0 saturated heterocycles. The molecule has 0 aromatic carbocycles. The van der Waals surface area contributed by atoms with Crippen LogP contribution in [0, 0.1) is 0 Å². The van der Waals surface area contributed by atoms with Crippen LogP contribution in [-0.2, 0) is 11.3 Å². The molecule has 2 aromatic rings. The van der Waals surface area contributed by atoms with Gasteiger partial charge in [-0.1, -0.05) is 0 Å². The summed E-state index contributed by atoms with van der Waals surface area (Å²) in [6.07, 6.45) is 4.48. The number of hydrogen-bond donors (Lipinski definition) is 0. The van der Waals surface area contributed by atoms with Gasteiger partial charge in [-0.15, -0.1) is 5.10 Å². The molecule has 0 fully saturated rings. The van der Waals surface area contributed by atoms with E-state index in [2.05, 4.69) is 10.1 Å². The summed E-state index contributed by atoms with van der Waals surface area (Å²) >= 11 is 0. The van der Waals surface area contributed by atoms with Crippen LogP contribution in [0.25, 0.3) is 5.65 Å². The zero-order valence-electron chi connectivity index (χ0n) is 7.54. The van der Waals surface area contributed by atoms with Crippen molar-refractivity contribution >= 4 is 11.4 Å². The summed E-state index contributed by atoms with van der Waals surface area (Å²) < 4.78 is 2.47. The summed E-state index contributed by atoms with van der Waals surface area (Å²) in [6, 6.07) is 0. The molecule has 0 N–H and O–H groups in total. The Morgan fingerprint density at radius 3 is 3.00 bits per heavy atom. The van der Waals surface area contributed by atoms with Crippen LogP contribution in [0.5, 0.6) is 0 Å².